The Morgan fingerprint density at radius 2 is 2.33 bits per heavy atom. The number of aromatic carboxylic acids is 1. The van der Waals surface area contributed by atoms with E-state index in [1.807, 2.05) is 0 Å². The Labute approximate surface area is 97.5 Å². The number of furan rings is 1. The van der Waals surface area contributed by atoms with Gasteiger partial charge in [-0.3, -0.25) is 0 Å². The summed E-state index contributed by atoms with van der Waals surface area (Å²) in [5.41, 5.74) is 6.66. The summed E-state index contributed by atoms with van der Waals surface area (Å²) in [6.07, 6.45) is 1.52. The van der Waals surface area contributed by atoms with Gasteiger partial charge in [0.25, 0.3) is 0 Å². The van der Waals surface area contributed by atoms with E-state index in [0.29, 0.717) is 4.67 Å². The summed E-state index contributed by atoms with van der Waals surface area (Å²) in [5.74, 6) is -1.01. The number of carboxylic acids is 1. The summed E-state index contributed by atoms with van der Waals surface area (Å²) in [4.78, 5) is 11.7. The molecule has 2 aromatic rings. The lowest BCUT2D eigenvalue weighted by Gasteiger charge is -1.89. The maximum Gasteiger partial charge on any atom is 0.348 e. The van der Waals surface area contributed by atoms with Crippen LogP contribution in [0.5, 0.6) is 0 Å². The molecule has 15 heavy (non-hydrogen) atoms. The van der Waals surface area contributed by atoms with Crippen LogP contribution in [0, 0.1) is 0 Å². The third-order valence-electron chi connectivity index (χ3n) is 1.84. The van der Waals surface area contributed by atoms with Crippen LogP contribution in [0.1, 0.15) is 9.67 Å². The number of nitrogens with two attached hydrogens (primary N) is 1. The van der Waals surface area contributed by atoms with Gasteiger partial charge in [0.15, 0.2) is 4.67 Å². The third-order valence-corrected chi connectivity index (χ3v) is 3.62. The number of halogens is 1. The van der Waals surface area contributed by atoms with Crippen molar-refractivity contribution < 1.29 is 14.3 Å². The first-order valence-electron chi connectivity index (χ1n) is 3.95. The van der Waals surface area contributed by atoms with E-state index in [1.165, 1.54) is 6.26 Å². The number of rotatable bonds is 2. The maximum atomic E-state index is 10.8. The first kappa shape index (κ1) is 10.3. The molecule has 0 saturated carbocycles. The van der Waals surface area contributed by atoms with E-state index in [4.69, 9.17) is 15.3 Å². The summed E-state index contributed by atoms with van der Waals surface area (Å²) in [7, 11) is 0. The van der Waals surface area contributed by atoms with Crippen molar-refractivity contribution in [3.05, 3.63) is 27.9 Å². The summed E-state index contributed by atoms with van der Waals surface area (Å²) in [6, 6.07) is 3.38. The van der Waals surface area contributed by atoms with E-state index >= 15 is 0 Å². The molecular formula is C9H6BrNO3S. The molecule has 2 rings (SSSR count). The van der Waals surface area contributed by atoms with Crippen LogP contribution in [-0.4, -0.2) is 11.1 Å². The van der Waals surface area contributed by atoms with Gasteiger partial charge in [-0.2, -0.15) is 0 Å². The van der Waals surface area contributed by atoms with Gasteiger partial charge < -0.3 is 15.3 Å². The molecule has 0 spiro atoms. The Bertz CT molecular complexity index is 517. The second kappa shape index (κ2) is 3.71. The highest BCUT2D eigenvalue weighted by Gasteiger charge is 2.16. The average molecular weight is 288 g/mol. The fourth-order valence-corrected chi connectivity index (χ4v) is 2.70. The van der Waals surface area contributed by atoms with Crippen molar-refractivity contribution in [2.24, 2.45) is 0 Å². The molecule has 0 fully saturated rings. The SMILES string of the molecule is Nc1cc(-c2ccoc2Br)sc1C(=O)O. The van der Waals surface area contributed by atoms with Crippen molar-refractivity contribution in [3.63, 3.8) is 0 Å². The van der Waals surface area contributed by atoms with Crippen LogP contribution in [0.4, 0.5) is 5.69 Å². The minimum Gasteiger partial charge on any atom is -0.477 e. The Balaban J connectivity index is 2.52. The van der Waals surface area contributed by atoms with E-state index in [0.717, 1.165) is 21.8 Å². The second-order valence-electron chi connectivity index (χ2n) is 2.81. The van der Waals surface area contributed by atoms with Crippen LogP contribution < -0.4 is 5.73 Å². The van der Waals surface area contributed by atoms with Crippen LogP contribution >= 0.6 is 27.3 Å². The van der Waals surface area contributed by atoms with Gasteiger partial charge in [-0.1, -0.05) is 0 Å². The molecule has 0 aliphatic heterocycles. The van der Waals surface area contributed by atoms with Gasteiger partial charge in [0.05, 0.1) is 12.0 Å². The molecule has 0 radical (unpaired) electrons. The zero-order valence-corrected chi connectivity index (χ0v) is 9.76. The Morgan fingerprint density at radius 3 is 2.80 bits per heavy atom. The molecule has 2 aromatic heterocycles. The third kappa shape index (κ3) is 1.78. The van der Waals surface area contributed by atoms with Crippen molar-refractivity contribution in [1.29, 1.82) is 0 Å². The van der Waals surface area contributed by atoms with E-state index < -0.39 is 5.97 Å². The molecule has 0 amide bonds. The number of hydrogen-bond acceptors (Lipinski definition) is 4. The van der Waals surface area contributed by atoms with Gasteiger partial charge in [-0.25, -0.2) is 4.79 Å². The van der Waals surface area contributed by atoms with Crippen LogP contribution in [0.2, 0.25) is 0 Å². The number of carboxylic acid groups (broad SMARTS) is 1. The molecule has 4 nitrogen and oxygen atoms in total. The number of thiophene rings is 1. The molecular weight excluding hydrogens is 282 g/mol. The monoisotopic (exact) mass is 287 g/mol. The van der Waals surface area contributed by atoms with Crippen LogP contribution in [0.15, 0.2) is 27.5 Å². The smallest absolute Gasteiger partial charge is 0.348 e. The minimum atomic E-state index is -1.01. The largest absolute Gasteiger partial charge is 0.477 e. The van der Waals surface area contributed by atoms with Crippen molar-refractivity contribution in [3.8, 4) is 10.4 Å². The molecule has 6 heteroatoms. The van der Waals surface area contributed by atoms with Crippen molar-refractivity contribution in [1.82, 2.24) is 0 Å². The van der Waals surface area contributed by atoms with Gasteiger partial charge in [-0.15, -0.1) is 11.3 Å². The normalized spacial score (nSPS) is 10.5. The summed E-state index contributed by atoms with van der Waals surface area (Å²) >= 11 is 4.35. The zero-order valence-electron chi connectivity index (χ0n) is 7.36. The highest BCUT2D eigenvalue weighted by molar-refractivity contribution is 9.10. The first-order valence-corrected chi connectivity index (χ1v) is 5.56. The topological polar surface area (TPSA) is 76.5 Å². The molecule has 0 bridgehead atoms. The highest BCUT2D eigenvalue weighted by atomic mass is 79.9. The molecule has 0 aromatic carbocycles. The second-order valence-corrected chi connectivity index (χ2v) is 4.58. The van der Waals surface area contributed by atoms with Crippen LogP contribution in [0.3, 0.4) is 0 Å². The fraction of sp³-hybridized carbons (Fsp3) is 0. The fourth-order valence-electron chi connectivity index (χ4n) is 1.17. The van der Waals surface area contributed by atoms with Gasteiger partial charge >= 0.3 is 5.97 Å². The lowest BCUT2D eigenvalue weighted by Crippen LogP contribution is -1.96. The molecule has 0 atom stereocenters. The zero-order chi connectivity index (χ0) is 11.0. The van der Waals surface area contributed by atoms with E-state index in [9.17, 15) is 4.79 Å². The van der Waals surface area contributed by atoms with Gasteiger partial charge in [0, 0.05) is 10.4 Å². The average Bonchev–Trinajstić information content (AvgIpc) is 2.71. The standard InChI is InChI=1S/C9H6BrNO3S/c10-8-4(1-2-14-8)6-3-5(11)7(15-6)9(12)13/h1-3H,11H2,(H,12,13). The lowest BCUT2D eigenvalue weighted by molar-refractivity contribution is 0.0703. The predicted molar refractivity (Wildman–Crippen MR) is 61.1 cm³/mol. The van der Waals surface area contributed by atoms with E-state index in [1.54, 1.807) is 12.1 Å². The summed E-state index contributed by atoms with van der Waals surface area (Å²) in [6.45, 7) is 0. The number of hydrogen-bond donors (Lipinski definition) is 2. The Hall–Kier alpha value is -1.27. The Morgan fingerprint density at radius 1 is 1.60 bits per heavy atom. The summed E-state index contributed by atoms with van der Waals surface area (Å²) < 4.78 is 5.63. The van der Waals surface area contributed by atoms with Crippen LogP contribution in [-0.2, 0) is 0 Å². The van der Waals surface area contributed by atoms with E-state index in [2.05, 4.69) is 15.9 Å². The highest BCUT2D eigenvalue weighted by Crippen LogP contribution is 2.37. The summed E-state index contributed by atoms with van der Waals surface area (Å²) in [5, 5.41) is 8.84. The van der Waals surface area contributed by atoms with Crippen molar-refractivity contribution in [2.45, 2.75) is 0 Å². The van der Waals surface area contributed by atoms with Gasteiger partial charge in [0.1, 0.15) is 4.88 Å². The molecule has 0 aliphatic rings. The molecule has 3 N–H and O–H groups in total. The predicted octanol–water partition coefficient (Wildman–Crippen LogP) is 3.05. The Kier molecular flexibility index (Phi) is 2.54. The molecule has 0 unspecified atom stereocenters. The maximum absolute atomic E-state index is 10.8. The van der Waals surface area contributed by atoms with Crippen molar-refractivity contribution in [2.75, 3.05) is 5.73 Å². The number of nitrogen functional groups attached to an aromatic ring is 1. The number of anilines is 1. The molecule has 0 saturated heterocycles. The van der Waals surface area contributed by atoms with Crippen LogP contribution in [0.25, 0.3) is 10.4 Å². The first-order chi connectivity index (χ1) is 7.09. The molecule has 78 valence electrons. The van der Waals surface area contributed by atoms with Gasteiger partial charge in [0.2, 0.25) is 0 Å². The minimum absolute atomic E-state index is 0.151. The number of carbonyl (C=O) groups is 1. The molecule has 2 heterocycles. The van der Waals surface area contributed by atoms with Gasteiger partial charge in [-0.05, 0) is 28.1 Å². The lowest BCUT2D eigenvalue weighted by atomic mass is 10.2. The molecule has 0 aliphatic carbocycles. The quantitative estimate of drug-likeness (QED) is 0.890. The van der Waals surface area contributed by atoms with Crippen molar-refractivity contribution >= 4 is 38.9 Å². The van der Waals surface area contributed by atoms with E-state index in [-0.39, 0.29) is 10.6 Å².